The van der Waals surface area contributed by atoms with Gasteiger partial charge in [-0.2, -0.15) is 0 Å². The van der Waals surface area contributed by atoms with Gasteiger partial charge in [-0.25, -0.2) is 4.79 Å². The molecule has 0 N–H and O–H groups in total. The molecule has 3 rings (SSSR count). The Balaban J connectivity index is 1.73. The molecule has 0 spiro atoms. The third-order valence-corrected chi connectivity index (χ3v) is 4.21. The number of non-ortho nitro benzene ring substituents is 1. The van der Waals surface area contributed by atoms with E-state index in [0.29, 0.717) is 35.3 Å². The first-order valence-electron chi connectivity index (χ1n) is 7.65. The maximum absolute atomic E-state index is 12.2. The van der Waals surface area contributed by atoms with E-state index < -0.39 is 10.9 Å². The van der Waals surface area contributed by atoms with Gasteiger partial charge in [-0.15, -0.1) is 0 Å². The van der Waals surface area contributed by atoms with E-state index in [-0.39, 0.29) is 22.9 Å². The van der Waals surface area contributed by atoms with Gasteiger partial charge >= 0.3 is 5.97 Å². The van der Waals surface area contributed by atoms with E-state index >= 15 is 0 Å². The van der Waals surface area contributed by atoms with Crippen LogP contribution in [0.25, 0.3) is 0 Å². The van der Waals surface area contributed by atoms with Crippen LogP contribution in [0.4, 0.5) is 5.69 Å². The molecule has 1 heterocycles. The van der Waals surface area contributed by atoms with Crippen LogP contribution in [-0.2, 0) is 11.3 Å². The minimum Gasteiger partial charge on any atom is -0.489 e. The predicted molar refractivity (Wildman–Crippen MR) is 94.3 cm³/mol. The highest BCUT2D eigenvalue weighted by Crippen LogP contribution is 2.38. The minimum absolute atomic E-state index is 0.0395. The van der Waals surface area contributed by atoms with Crippen LogP contribution in [0.2, 0.25) is 10.0 Å². The molecule has 1 aliphatic heterocycles. The second-order valence-corrected chi connectivity index (χ2v) is 6.27. The summed E-state index contributed by atoms with van der Waals surface area (Å²) in [5.74, 6) is 0.264. The molecule has 0 bridgehead atoms. The first-order valence-corrected chi connectivity index (χ1v) is 8.40. The van der Waals surface area contributed by atoms with E-state index in [0.717, 1.165) is 12.5 Å². The lowest BCUT2D eigenvalue weighted by Crippen LogP contribution is -2.06. The fourth-order valence-corrected chi connectivity index (χ4v) is 2.92. The van der Waals surface area contributed by atoms with Crippen LogP contribution in [0.15, 0.2) is 30.3 Å². The van der Waals surface area contributed by atoms with Crippen LogP contribution in [0.3, 0.4) is 0 Å². The molecule has 0 unspecified atom stereocenters. The molecule has 0 fully saturated rings. The van der Waals surface area contributed by atoms with Crippen LogP contribution in [0.5, 0.6) is 11.5 Å². The zero-order valence-corrected chi connectivity index (χ0v) is 14.9. The first-order chi connectivity index (χ1) is 12.5. The topological polar surface area (TPSA) is 87.9 Å². The molecule has 0 aliphatic carbocycles. The number of nitro benzene ring substituents is 1. The lowest BCUT2D eigenvalue weighted by Gasteiger charge is -2.12. The summed E-state index contributed by atoms with van der Waals surface area (Å²) in [5, 5.41) is 11.0. The highest BCUT2D eigenvalue weighted by molar-refractivity contribution is 6.33. The SMILES string of the molecule is O=C(OCc1cc(Cl)c2c(c1)OCCCO2)c1ccc([N+](=O)[O-])cc1Cl. The van der Waals surface area contributed by atoms with E-state index in [1.54, 1.807) is 12.1 Å². The maximum atomic E-state index is 12.2. The molecule has 0 radical (unpaired) electrons. The average molecular weight is 398 g/mol. The molecule has 136 valence electrons. The van der Waals surface area contributed by atoms with Gasteiger partial charge in [0.25, 0.3) is 5.69 Å². The Morgan fingerprint density at radius 2 is 1.92 bits per heavy atom. The number of carbonyl (C=O) groups is 1. The smallest absolute Gasteiger partial charge is 0.339 e. The van der Waals surface area contributed by atoms with Crippen LogP contribution in [-0.4, -0.2) is 24.1 Å². The Morgan fingerprint density at radius 3 is 2.65 bits per heavy atom. The van der Waals surface area contributed by atoms with Gasteiger partial charge in [-0.05, 0) is 23.8 Å². The summed E-state index contributed by atoms with van der Waals surface area (Å²) in [6.45, 7) is 0.952. The third-order valence-electron chi connectivity index (χ3n) is 3.62. The Kier molecular flexibility index (Phi) is 5.49. The fraction of sp³-hybridized carbons (Fsp3) is 0.235. The van der Waals surface area contributed by atoms with Crippen molar-refractivity contribution in [2.45, 2.75) is 13.0 Å². The maximum Gasteiger partial charge on any atom is 0.339 e. The summed E-state index contributed by atoms with van der Waals surface area (Å²) < 4.78 is 16.3. The molecular weight excluding hydrogens is 385 g/mol. The second kappa shape index (κ2) is 7.80. The van der Waals surface area contributed by atoms with E-state index in [1.807, 2.05) is 0 Å². The Hall–Kier alpha value is -2.51. The molecule has 9 heteroatoms. The second-order valence-electron chi connectivity index (χ2n) is 5.45. The summed E-state index contributed by atoms with van der Waals surface area (Å²) >= 11 is 12.1. The lowest BCUT2D eigenvalue weighted by molar-refractivity contribution is -0.384. The van der Waals surface area contributed by atoms with Crippen molar-refractivity contribution in [1.29, 1.82) is 0 Å². The van der Waals surface area contributed by atoms with Crippen molar-refractivity contribution in [2.75, 3.05) is 13.2 Å². The number of benzene rings is 2. The number of halogens is 2. The third kappa shape index (κ3) is 4.00. The van der Waals surface area contributed by atoms with Crippen molar-refractivity contribution in [3.05, 3.63) is 61.6 Å². The zero-order valence-electron chi connectivity index (χ0n) is 13.4. The van der Waals surface area contributed by atoms with Gasteiger partial charge in [0.1, 0.15) is 6.61 Å². The van der Waals surface area contributed by atoms with Crippen molar-refractivity contribution >= 4 is 34.9 Å². The number of carbonyl (C=O) groups excluding carboxylic acids is 1. The largest absolute Gasteiger partial charge is 0.489 e. The van der Waals surface area contributed by atoms with Gasteiger partial charge in [-0.1, -0.05) is 23.2 Å². The Labute approximate surface area is 158 Å². The summed E-state index contributed by atoms with van der Waals surface area (Å²) in [6.07, 6.45) is 0.744. The van der Waals surface area contributed by atoms with Gasteiger partial charge in [0.15, 0.2) is 11.5 Å². The molecule has 1 aliphatic rings. The standard InChI is InChI=1S/C17H13Cl2NO6/c18-13-8-11(20(22)23)2-3-12(13)17(21)26-9-10-6-14(19)16-15(7-10)24-4-1-5-25-16/h2-3,6-8H,1,4-5,9H2. The van der Waals surface area contributed by atoms with Crippen molar-refractivity contribution in [1.82, 2.24) is 0 Å². The highest BCUT2D eigenvalue weighted by atomic mass is 35.5. The summed E-state index contributed by atoms with van der Waals surface area (Å²) in [7, 11) is 0. The molecular formula is C17H13Cl2NO6. The van der Waals surface area contributed by atoms with Gasteiger partial charge in [0, 0.05) is 18.6 Å². The van der Waals surface area contributed by atoms with Crippen molar-refractivity contribution in [3.63, 3.8) is 0 Å². The fourth-order valence-electron chi connectivity index (χ4n) is 2.38. The number of nitro groups is 1. The quantitative estimate of drug-likeness (QED) is 0.431. The van der Waals surface area contributed by atoms with Crippen molar-refractivity contribution in [3.8, 4) is 11.5 Å². The highest BCUT2D eigenvalue weighted by Gasteiger charge is 2.18. The average Bonchev–Trinajstić information content (AvgIpc) is 2.85. The minimum atomic E-state index is -0.701. The van der Waals surface area contributed by atoms with Gasteiger partial charge in [-0.3, -0.25) is 10.1 Å². The molecule has 0 aromatic heterocycles. The lowest BCUT2D eigenvalue weighted by atomic mass is 10.2. The van der Waals surface area contributed by atoms with Crippen molar-refractivity contribution in [2.24, 2.45) is 0 Å². The number of esters is 1. The van der Waals surface area contributed by atoms with Crippen LogP contribution >= 0.6 is 23.2 Å². The predicted octanol–water partition coefficient (Wildman–Crippen LogP) is 4.42. The van der Waals surface area contributed by atoms with E-state index in [4.69, 9.17) is 37.4 Å². The normalized spacial score (nSPS) is 13.0. The number of nitrogens with zero attached hydrogens (tertiary/aromatic N) is 1. The number of fused-ring (bicyclic) bond motifs is 1. The van der Waals surface area contributed by atoms with E-state index in [9.17, 15) is 14.9 Å². The molecule has 26 heavy (non-hydrogen) atoms. The monoisotopic (exact) mass is 397 g/mol. The van der Waals surface area contributed by atoms with Gasteiger partial charge < -0.3 is 14.2 Å². The first kappa shape index (κ1) is 18.3. The summed E-state index contributed by atoms with van der Waals surface area (Å²) in [5.41, 5.74) is 0.449. The Bertz CT molecular complexity index is 871. The summed E-state index contributed by atoms with van der Waals surface area (Å²) in [4.78, 5) is 22.3. The molecule has 0 amide bonds. The Morgan fingerprint density at radius 1 is 1.15 bits per heavy atom. The molecule has 0 atom stereocenters. The number of ether oxygens (including phenoxy) is 3. The van der Waals surface area contributed by atoms with E-state index in [2.05, 4.69) is 0 Å². The van der Waals surface area contributed by atoms with Crippen LogP contribution in [0, 0.1) is 10.1 Å². The van der Waals surface area contributed by atoms with E-state index in [1.165, 1.54) is 12.1 Å². The molecule has 7 nitrogen and oxygen atoms in total. The molecule has 0 saturated heterocycles. The zero-order chi connectivity index (χ0) is 18.7. The van der Waals surface area contributed by atoms with Gasteiger partial charge in [0.2, 0.25) is 0 Å². The van der Waals surface area contributed by atoms with Crippen LogP contribution < -0.4 is 9.47 Å². The van der Waals surface area contributed by atoms with Crippen molar-refractivity contribution < 1.29 is 23.9 Å². The molecule has 0 saturated carbocycles. The van der Waals surface area contributed by atoms with Crippen LogP contribution in [0.1, 0.15) is 22.3 Å². The number of hydrogen-bond acceptors (Lipinski definition) is 6. The summed E-state index contributed by atoms with van der Waals surface area (Å²) in [6, 6.07) is 6.86. The number of rotatable bonds is 4. The molecule has 2 aromatic rings. The molecule has 2 aromatic carbocycles. The van der Waals surface area contributed by atoms with Gasteiger partial charge in [0.05, 0.1) is 33.7 Å². The number of hydrogen-bond donors (Lipinski definition) is 0.